The van der Waals surface area contributed by atoms with Gasteiger partial charge in [0.1, 0.15) is 5.75 Å². The number of hydrogen-bond acceptors (Lipinski definition) is 5. The zero-order valence-corrected chi connectivity index (χ0v) is 12.3. The average molecular weight is 291 g/mol. The van der Waals surface area contributed by atoms with Gasteiger partial charge in [0.15, 0.2) is 11.7 Å². The Morgan fingerprint density at radius 1 is 1.50 bits per heavy atom. The summed E-state index contributed by atoms with van der Waals surface area (Å²) in [6.07, 6.45) is 0.859. The number of carbonyl (C=O) groups excluding carboxylic acids is 1. The summed E-state index contributed by atoms with van der Waals surface area (Å²) in [5.74, 6) is 0.341. The van der Waals surface area contributed by atoms with Gasteiger partial charge < -0.3 is 10.5 Å². The lowest BCUT2D eigenvalue weighted by Crippen LogP contribution is -2.20. The van der Waals surface area contributed by atoms with Crippen LogP contribution in [-0.4, -0.2) is 17.5 Å². The van der Waals surface area contributed by atoms with Crippen molar-refractivity contribution in [2.24, 2.45) is 0 Å². The number of amides is 1. The fraction of sp³-hybridized carbons (Fsp3) is 0.286. The fourth-order valence-corrected chi connectivity index (χ4v) is 2.64. The standard InChI is InChI=1S/C14H17N3O2S/c1-3-12-9(2)20-14(16-12)17-13(18)8-19-11-6-4-5-10(15)7-11/h4-7H,3,8,15H2,1-2H3,(H,16,17,18). The lowest BCUT2D eigenvalue weighted by atomic mass is 10.3. The summed E-state index contributed by atoms with van der Waals surface area (Å²) < 4.78 is 5.37. The predicted octanol–water partition coefficient (Wildman–Crippen LogP) is 2.61. The summed E-state index contributed by atoms with van der Waals surface area (Å²) in [6.45, 7) is 3.97. The smallest absolute Gasteiger partial charge is 0.264 e. The van der Waals surface area contributed by atoms with Gasteiger partial charge in [0.05, 0.1) is 5.69 Å². The summed E-state index contributed by atoms with van der Waals surface area (Å²) in [6, 6.07) is 6.97. The van der Waals surface area contributed by atoms with Crippen LogP contribution in [0.2, 0.25) is 0 Å². The minimum absolute atomic E-state index is 0.0659. The van der Waals surface area contributed by atoms with Crippen LogP contribution in [0.5, 0.6) is 5.75 Å². The molecular weight excluding hydrogens is 274 g/mol. The number of thiazole rings is 1. The predicted molar refractivity (Wildman–Crippen MR) is 81.2 cm³/mol. The number of nitrogens with two attached hydrogens (primary N) is 1. The van der Waals surface area contributed by atoms with Crippen molar-refractivity contribution in [2.45, 2.75) is 20.3 Å². The lowest BCUT2D eigenvalue weighted by molar-refractivity contribution is -0.118. The Kier molecular flexibility index (Phi) is 4.57. The number of anilines is 2. The molecule has 1 amide bonds. The molecule has 0 fully saturated rings. The van der Waals surface area contributed by atoms with Gasteiger partial charge >= 0.3 is 0 Å². The second-order valence-electron chi connectivity index (χ2n) is 4.28. The first-order valence-corrected chi connectivity index (χ1v) is 7.14. The second-order valence-corrected chi connectivity index (χ2v) is 5.49. The minimum atomic E-state index is -0.233. The van der Waals surface area contributed by atoms with Crippen molar-refractivity contribution in [3.63, 3.8) is 0 Å². The first kappa shape index (κ1) is 14.3. The van der Waals surface area contributed by atoms with Crippen LogP contribution in [0.15, 0.2) is 24.3 Å². The Labute approximate surface area is 121 Å². The molecule has 3 N–H and O–H groups in total. The number of hydrogen-bond donors (Lipinski definition) is 2. The third kappa shape index (κ3) is 3.71. The maximum absolute atomic E-state index is 11.8. The maximum Gasteiger partial charge on any atom is 0.264 e. The van der Waals surface area contributed by atoms with E-state index in [0.717, 1.165) is 17.0 Å². The Bertz CT molecular complexity index is 610. The van der Waals surface area contributed by atoms with E-state index in [2.05, 4.69) is 10.3 Å². The van der Waals surface area contributed by atoms with E-state index in [1.807, 2.05) is 13.8 Å². The maximum atomic E-state index is 11.8. The molecule has 0 aliphatic rings. The van der Waals surface area contributed by atoms with Crippen LogP contribution in [0, 0.1) is 6.92 Å². The van der Waals surface area contributed by atoms with Crippen LogP contribution in [0.4, 0.5) is 10.8 Å². The van der Waals surface area contributed by atoms with Crippen molar-refractivity contribution in [3.8, 4) is 5.75 Å². The topological polar surface area (TPSA) is 77.2 Å². The van der Waals surface area contributed by atoms with E-state index in [9.17, 15) is 4.79 Å². The Morgan fingerprint density at radius 3 is 2.95 bits per heavy atom. The molecule has 2 aromatic rings. The number of nitrogens with one attached hydrogen (secondary N) is 1. The normalized spacial score (nSPS) is 10.3. The van der Waals surface area contributed by atoms with E-state index < -0.39 is 0 Å². The zero-order chi connectivity index (χ0) is 14.5. The average Bonchev–Trinajstić information content (AvgIpc) is 2.76. The van der Waals surface area contributed by atoms with Crippen molar-refractivity contribution in [1.29, 1.82) is 0 Å². The van der Waals surface area contributed by atoms with Gasteiger partial charge in [0, 0.05) is 16.6 Å². The van der Waals surface area contributed by atoms with E-state index in [1.54, 1.807) is 24.3 Å². The number of ether oxygens (including phenoxy) is 1. The highest BCUT2D eigenvalue weighted by Crippen LogP contribution is 2.22. The molecule has 5 nitrogen and oxygen atoms in total. The molecule has 0 saturated heterocycles. The molecule has 0 atom stereocenters. The molecule has 1 aromatic heterocycles. The zero-order valence-electron chi connectivity index (χ0n) is 11.5. The third-order valence-corrected chi connectivity index (χ3v) is 3.63. The molecule has 0 unspecified atom stereocenters. The van der Waals surface area contributed by atoms with Crippen molar-refractivity contribution in [2.75, 3.05) is 17.7 Å². The van der Waals surface area contributed by atoms with Gasteiger partial charge in [-0.2, -0.15) is 0 Å². The summed E-state index contributed by atoms with van der Waals surface area (Å²) in [7, 11) is 0. The van der Waals surface area contributed by atoms with Crippen molar-refractivity contribution in [3.05, 3.63) is 34.8 Å². The Hall–Kier alpha value is -2.08. The molecule has 20 heavy (non-hydrogen) atoms. The van der Waals surface area contributed by atoms with Crippen molar-refractivity contribution >= 4 is 28.1 Å². The van der Waals surface area contributed by atoms with Crippen LogP contribution in [0.25, 0.3) is 0 Å². The van der Waals surface area contributed by atoms with E-state index in [0.29, 0.717) is 16.6 Å². The molecule has 2 rings (SSSR count). The highest BCUT2D eigenvalue weighted by molar-refractivity contribution is 7.15. The molecule has 106 valence electrons. The number of benzene rings is 1. The van der Waals surface area contributed by atoms with Crippen molar-refractivity contribution < 1.29 is 9.53 Å². The molecule has 1 aromatic carbocycles. The van der Waals surface area contributed by atoms with Crippen LogP contribution in [0.3, 0.4) is 0 Å². The molecule has 0 radical (unpaired) electrons. The SMILES string of the molecule is CCc1nc(NC(=O)COc2cccc(N)c2)sc1C. The third-order valence-electron chi connectivity index (χ3n) is 2.70. The summed E-state index contributed by atoms with van der Waals surface area (Å²) in [5.41, 5.74) is 7.25. The number of aryl methyl sites for hydroxylation is 2. The summed E-state index contributed by atoms with van der Waals surface area (Å²) in [5, 5.41) is 3.35. The number of carbonyl (C=O) groups is 1. The van der Waals surface area contributed by atoms with E-state index in [1.165, 1.54) is 11.3 Å². The molecule has 0 spiro atoms. The lowest BCUT2D eigenvalue weighted by Gasteiger charge is -2.06. The van der Waals surface area contributed by atoms with Crippen LogP contribution >= 0.6 is 11.3 Å². The molecular formula is C14H17N3O2S. The van der Waals surface area contributed by atoms with Gasteiger partial charge in [0.25, 0.3) is 5.91 Å². The minimum Gasteiger partial charge on any atom is -0.484 e. The largest absolute Gasteiger partial charge is 0.484 e. The molecule has 0 saturated carbocycles. The first-order valence-electron chi connectivity index (χ1n) is 6.33. The highest BCUT2D eigenvalue weighted by Gasteiger charge is 2.09. The first-order chi connectivity index (χ1) is 9.58. The van der Waals surface area contributed by atoms with E-state index >= 15 is 0 Å². The number of nitrogens with zero attached hydrogens (tertiary/aromatic N) is 1. The monoisotopic (exact) mass is 291 g/mol. The summed E-state index contributed by atoms with van der Waals surface area (Å²) >= 11 is 1.47. The number of nitrogen functional groups attached to an aromatic ring is 1. The van der Waals surface area contributed by atoms with Gasteiger partial charge in [-0.1, -0.05) is 13.0 Å². The highest BCUT2D eigenvalue weighted by atomic mass is 32.1. The molecule has 0 aliphatic carbocycles. The van der Waals surface area contributed by atoms with Crippen molar-refractivity contribution in [1.82, 2.24) is 4.98 Å². The summed E-state index contributed by atoms with van der Waals surface area (Å²) in [4.78, 5) is 17.3. The Balaban J connectivity index is 1.89. The van der Waals surface area contributed by atoms with Gasteiger partial charge in [-0.05, 0) is 25.5 Å². The molecule has 1 heterocycles. The van der Waals surface area contributed by atoms with Gasteiger partial charge in [-0.25, -0.2) is 4.98 Å². The molecule has 6 heteroatoms. The van der Waals surface area contributed by atoms with Gasteiger partial charge in [-0.3, -0.25) is 10.1 Å². The van der Waals surface area contributed by atoms with Gasteiger partial charge in [0.2, 0.25) is 0 Å². The van der Waals surface area contributed by atoms with Crippen LogP contribution in [0.1, 0.15) is 17.5 Å². The quantitative estimate of drug-likeness (QED) is 0.830. The van der Waals surface area contributed by atoms with E-state index in [-0.39, 0.29) is 12.5 Å². The van der Waals surface area contributed by atoms with E-state index in [4.69, 9.17) is 10.5 Å². The molecule has 0 bridgehead atoms. The second kappa shape index (κ2) is 6.38. The Morgan fingerprint density at radius 2 is 2.30 bits per heavy atom. The van der Waals surface area contributed by atoms with Crippen LogP contribution in [-0.2, 0) is 11.2 Å². The molecule has 0 aliphatic heterocycles. The number of aromatic nitrogens is 1. The van der Waals surface area contributed by atoms with Crippen LogP contribution < -0.4 is 15.8 Å². The van der Waals surface area contributed by atoms with Gasteiger partial charge in [-0.15, -0.1) is 11.3 Å². The fourth-order valence-electron chi connectivity index (χ4n) is 1.72. The number of rotatable bonds is 5.